The molecule has 2 aliphatic carbocycles. The van der Waals surface area contributed by atoms with Crippen LogP contribution in [0.3, 0.4) is 0 Å². The number of benzene rings is 1. The van der Waals surface area contributed by atoms with Crippen LogP contribution in [-0.2, 0) is 51.8 Å². The summed E-state index contributed by atoms with van der Waals surface area (Å²) in [5.41, 5.74) is -1.61. The molecule has 1 aromatic rings. The maximum atomic E-state index is 14.8. The molecule has 16 nitrogen and oxygen atoms in total. The lowest BCUT2D eigenvalue weighted by Crippen LogP contribution is -2.59. The van der Waals surface area contributed by atoms with Gasteiger partial charge in [0.2, 0.25) is 27.7 Å². The third kappa shape index (κ3) is 9.42. The summed E-state index contributed by atoms with van der Waals surface area (Å²) in [6.45, 7) is 8.28. The van der Waals surface area contributed by atoms with Crippen molar-refractivity contribution in [1.29, 1.82) is 0 Å². The molecule has 3 aliphatic heterocycles. The van der Waals surface area contributed by atoms with Crippen LogP contribution in [0, 0.1) is 11.7 Å². The molecule has 4 unspecified atom stereocenters. The third-order valence-corrected chi connectivity index (χ3v) is 12.9. The van der Waals surface area contributed by atoms with Crippen molar-refractivity contribution in [3.8, 4) is 0 Å². The van der Waals surface area contributed by atoms with Gasteiger partial charge in [-0.2, -0.15) is 0 Å². The molecule has 3 fully saturated rings. The number of sulfonamides is 1. The molecule has 0 spiro atoms. The quantitative estimate of drug-likeness (QED) is 0.272. The molecular weight excluding hydrogens is 764 g/mol. The summed E-state index contributed by atoms with van der Waals surface area (Å²) < 4.78 is 53.7. The fourth-order valence-corrected chi connectivity index (χ4v) is 9.10. The number of alkyl carbamates (subject to hydrolysis) is 1. The number of amides is 6. The van der Waals surface area contributed by atoms with E-state index in [0.717, 1.165) is 6.08 Å². The van der Waals surface area contributed by atoms with Gasteiger partial charge in [-0.3, -0.25) is 28.8 Å². The second-order valence-corrected chi connectivity index (χ2v) is 18.5. The summed E-state index contributed by atoms with van der Waals surface area (Å²) in [5, 5.41) is 4.71. The van der Waals surface area contributed by atoms with Crippen LogP contribution < -0.4 is 15.4 Å². The van der Waals surface area contributed by atoms with Crippen LogP contribution in [-0.4, -0.2) is 113 Å². The topological polar surface area (TPSA) is 201 Å². The highest BCUT2D eigenvalue weighted by Gasteiger charge is 2.62. The first-order valence-electron chi connectivity index (χ1n) is 19.3. The maximum absolute atomic E-state index is 14.8. The van der Waals surface area contributed by atoms with Gasteiger partial charge < -0.3 is 29.9 Å². The first-order valence-corrected chi connectivity index (χ1v) is 20.8. The van der Waals surface area contributed by atoms with Crippen LogP contribution in [0.15, 0.2) is 43.0 Å². The SMILES string of the molecule is C=CC(=O)N(C)C1CCC/C=C\C2C[C@@]2(C(=O)NS(=O)(=O)C2CC2)NC(=O)C2CC(OC(=O)N3Cc4cccc(F)c4C3)CN2C(=O)[C@@H](NC(=O)OC(C)(C)C)C1. The lowest BCUT2D eigenvalue weighted by Gasteiger charge is -2.34. The molecule has 6 atom stereocenters. The van der Waals surface area contributed by atoms with Gasteiger partial charge in [-0.25, -0.2) is 22.4 Å². The van der Waals surface area contributed by atoms with Gasteiger partial charge >= 0.3 is 12.2 Å². The lowest BCUT2D eigenvalue weighted by molar-refractivity contribution is -0.141. The molecule has 1 aromatic carbocycles. The third-order valence-electron chi connectivity index (χ3n) is 11.1. The van der Waals surface area contributed by atoms with Crippen LogP contribution in [0.1, 0.15) is 83.3 Å². The predicted octanol–water partition coefficient (Wildman–Crippen LogP) is 2.77. The summed E-state index contributed by atoms with van der Waals surface area (Å²) in [4.78, 5) is 86.4. The summed E-state index contributed by atoms with van der Waals surface area (Å²) in [5.74, 6) is -3.88. The van der Waals surface area contributed by atoms with Crippen LogP contribution >= 0.6 is 0 Å². The van der Waals surface area contributed by atoms with Crippen molar-refractivity contribution in [3.63, 3.8) is 0 Å². The number of likely N-dealkylation sites (N-methyl/N-ethyl adjacent to an activating group) is 1. The van der Waals surface area contributed by atoms with E-state index in [0.29, 0.717) is 43.2 Å². The Hall–Kier alpha value is -5.00. The largest absolute Gasteiger partial charge is 0.444 e. The number of halogens is 1. The molecule has 18 heteroatoms. The standard InChI is InChI=1S/C39H51FN6O10S/c1-6-32(47)44(5)25-13-9-7-8-12-24-19-39(24,35(50)43-57(53,54)27-15-16-27)42-33(48)31-18-26(55-37(52)45-20-23-11-10-14-29(40)28(23)22-45)21-46(31)34(49)30(17-25)41-36(51)56-38(2,3)4/h6,8,10-12,14,24-27,30-31H,1,7,9,13,15-22H2,2-5H3,(H,41,51)(H,42,48)(H,43,50)/b12-8-/t24?,25?,26?,30-,31?,39+/m0/s1. The Kier molecular flexibility index (Phi) is 11.8. The fourth-order valence-electron chi connectivity index (χ4n) is 7.74. The monoisotopic (exact) mass is 814 g/mol. The molecule has 57 heavy (non-hydrogen) atoms. The highest BCUT2D eigenvalue weighted by molar-refractivity contribution is 7.91. The molecule has 5 aliphatic rings. The Labute approximate surface area is 331 Å². The second kappa shape index (κ2) is 16.1. The van der Waals surface area contributed by atoms with Gasteiger partial charge in [-0.15, -0.1) is 0 Å². The number of fused-ring (bicyclic) bond motifs is 3. The van der Waals surface area contributed by atoms with Crippen molar-refractivity contribution in [2.24, 2.45) is 5.92 Å². The van der Waals surface area contributed by atoms with Crippen molar-refractivity contribution in [1.82, 2.24) is 30.1 Å². The van der Waals surface area contributed by atoms with Crippen LogP contribution in [0.5, 0.6) is 0 Å². The highest BCUT2D eigenvalue weighted by Crippen LogP contribution is 2.46. The van der Waals surface area contributed by atoms with Crippen molar-refractivity contribution < 1.29 is 51.0 Å². The summed E-state index contributed by atoms with van der Waals surface area (Å²) >= 11 is 0. The van der Waals surface area contributed by atoms with Crippen molar-refractivity contribution in [2.45, 2.75) is 126 Å². The zero-order valence-electron chi connectivity index (χ0n) is 32.6. The molecule has 3 heterocycles. The Balaban J connectivity index is 1.32. The summed E-state index contributed by atoms with van der Waals surface area (Å²) in [7, 11) is -2.42. The summed E-state index contributed by atoms with van der Waals surface area (Å²) in [6.07, 6.45) is 3.96. The van der Waals surface area contributed by atoms with Crippen LogP contribution in [0.4, 0.5) is 14.0 Å². The van der Waals surface area contributed by atoms with Gasteiger partial charge in [0, 0.05) is 37.5 Å². The zero-order valence-corrected chi connectivity index (χ0v) is 33.4. The molecular formula is C39H51FN6O10S. The first kappa shape index (κ1) is 41.6. The maximum Gasteiger partial charge on any atom is 0.410 e. The van der Waals surface area contributed by atoms with Gasteiger partial charge in [0.05, 0.1) is 18.3 Å². The minimum atomic E-state index is -3.98. The number of ether oxygens (including phenoxy) is 2. The number of hydrogen-bond acceptors (Lipinski definition) is 10. The van der Waals surface area contributed by atoms with E-state index in [2.05, 4.69) is 21.9 Å². The molecule has 3 N–H and O–H groups in total. The molecule has 2 saturated carbocycles. The van der Waals surface area contributed by atoms with E-state index in [9.17, 15) is 41.6 Å². The van der Waals surface area contributed by atoms with Crippen molar-refractivity contribution in [2.75, 3.05) is 13.6 Å². The smallest absolute Gasteiger partial charge is 0.410 e. The van der Waals surface area contributed by atoms with Crippen LogP contribution in [0.25, 0.3) is 0 Å². The normalized spacial score (nSPS) is 28.3. The van der Waals surface area contributed by atoms with E-state index in [1.165, 1.54) is 20.8 Å². The van der Waals surface area contributed by atoms with E-state index in [-0.39, 0.29) is 38.9 Å². The van der Waals surface area contributed by atoms with Crippen LogP contribution in [0.2, 0.25) is 0 Å². The first-order chi connectivity index (χ1) is 26.8. The summed E-state index contributed by atoms with van der Waals surface area (Å²) in [6, 6.07) is 1.25. The number of rotatable bonds is 7. The van der Waals surface area contributed by atoms with Crippen molar-refractivity contribution in [3.05, 3.63) is 60.0 Å². The number of carbonyl (C=O) groups is 6. The average molecular weight is 815 g/mol. The molecule has 1 saturated heterocycles. The minimum Gasteiger partial charge on any atom is -0.444 e. The van der Waals surface area contributed by atoms with Gasteiger partial charge in [0.1, 0.15) is 35.1 Å². The number of hydrogen-bond donors (Lipinski definition) is 3. The number of allylic oxidation sites excluding steroid dienone is 1. The van der Waals surface area contributed by atoms with E-state index >= 15 is 0 Å². The molecule has 6 rings (SSSR count). The Morgan fingerprint density at radius 3 is 2.51 bits per heavy atom. The van der Waals surface area contributed by atoms with Crippen molar-refractivity contribution >= 4 is 45.8 Å². The van der Waals surface area contributed by atoms with Gasteiger partial charge in [-0.1, -0.05) is 30.9 Å². The van der Waals surface area contributed by atoms with E-state index in [1.54, 1.807) is 46.0 Å². The van der Waals surface area contributed by atoms with Gasteiger partial charge in [0.15, 0.2) is 0 Å². The molecule has 0 bridgehead atoms. The lowest BCUT2D eigenvalue weighted by atomic mass is 9.98. The van der Waals surface area contributed by atoms with Gasteiger partial charge in [-0.05, 0) is 83.4 Å². The average Bonchev–Trinajstić information content (AvgIpc) is 4.02. The molecule has 0 radical (unpaired) electrons. The molecule has 0 aromatic heterocycles. The number of carbonyl (C=O) groups excluding carboxylic acids is 6. The Bertz CT molecular complexity index is 1970. The zero-order chi connectivity index (χ0) is 41.4. The van der Waals surface area contributed by atoms with E-state index < -0.39 is 98.2 Å². The van der Waals surface area contributed by atoms with E-state index in [1.807, 2.05) is 6.08 Å². The number of nitrogens with zero attached hydrogens (tertiary/aromatic N) is 3. The minimum absolute atomic E-state index is 0.0450. The number of nitrogens with one attached hydrogen (secondary N) is 3. The van der Waals surface area contributed by atoms with Gasteiger partial charge in [0.25, 0.3) is 5.91 Å². The Morgan fingerprint density at radius 1 is 1.11 bits per heavy atom. The predicted molar refractivity (Wildman–Crippen MR) is 203 cm³/mol. The van der Waals surface area contributed by atoms with E-state index in [4.69, 9.17) is 9.47 Å². The molecule has 6 amide bonds. The second-order valence-electron chi connectivity index (χ2n) is 16.5. The fraction of sp³-hybridized carbons (Fsp3) is 0.590. The molecule has 310 valence electrons. The highest BCUT2D eigenvalue weighted by atomic mass is 32.2. The Morgan fingerprint density at radius 2 is 1.84 bits per heavy atom.